The van der Waals surface area contributed by atoms with Gasteiger partial charge in [0.05, 0.1) is 8.31 Å². The predicted octanol–water partition coefficient (Wildman–Crippen LogP) is -1.18. The molecule has 1 nitrogen and oxygen atoms in total. The molecule has 0 aliphatic carbocycles. The molecular weight excluding hydrogens is 196 g/mol. The van der Waals surface area contributed by atoms with Crippen LogP contribution in [0.15, 0.2) is 30.3 Å². The van der Waals surface area contributed by atoms with Gasteiger partial charge in [-0.1, -0.05) is 35.5 Å². The molecule has 0 radical (unpaired) electrons. The third kappa shape index (κ3) is 1.95. The first-order chi connectivity index (χ1) is 5.97. The second kappa shape index (κ2) is 4.18. The second-order valence-electron chi connectivity index (χ2n) is 3.30. The van der Waals surface area contributed by atoms with Crippen molar-refractivity contribution < 1.29 is 4.43 Å². The molecule has 0 amide bonds. The van der Waals surface area contributed by atoms with Gasteiger partial charge in [-0.25, -0.2) is 0 Å². The molecule has 1 aliphatic heterocycles. The molecule has 1 saturated heterocycles. The molecule has 1 atom stereocenters. The van der Waals surface area contributed by atoms with E-state index in [1.807, 2.05) is 0 Å². The van der Waals surface area contributed by atoms with Gasteiger partial charge in [0.1, 0.15) is 9.28 Å². The molecule has 1 fully saturated rings. The van der Waals surface area contributed by atoms with Gasteiger partial charge in [-0.15, -0.1) is 0 Å². The van der Waals surface area contributed by atoms with E-state index in [1.54, 1.807) is 5.19 Å². The standard InChI is InChI=1S/C8H14OSi3/c1-2-4-8(5-3-1)12-7-6-9-10-11-12/h1-5,12H,6-7,10-11H2. The zero-order valence-corrected chi connectivity index (χ0v) is 11.2. The number of rotatable bonds is 1. The van der Waals surface area contributed by atoms with Gasteiger partial charge in [0.2, 0.25) is 0 Å². The molecular formula is C8H14OSi3. The second-order valence-corrected chi connectivity index (χ2v) is 18.4. The lowest BCUT2D eigenvalue weighted by Gasteiger charge is -2.19. The van der Waals surface area contributed by atoms with E-state index in [9.17, 15) is 0 Å². The fourth-order valence-electron chi connectivity index (χ4n) is 1.76. The van der Waals surface area contributed by atoms with E-state index in [4.69, 9.17) is 4.43 Å². The zero-order chi connectivity index (χ0) is 8.23. The van der Waals surface area contributed by atoms with E-state index in [2.05, 4.69) is 30.3 Å². The fourth-order valence-corrected chi connectivity index (χ4v) is 19.9. The number of benzene rings is 1. The van der Waals surface area contributed by atoms with Gasteiger partial charge < -0.3 is 4.43 Å². The van der Waals surface area contributed by atoms with Crippen LogP contribution in [0.25, 0.3) is 0 Å². The average molecular weight is 210 g/mol. The van der Waals surface area contributed by atoms with Gasteiger partial charge in [-0.3, -0.25) is 0 Å². The Balaban J connectivity index is 2.08. The molecule has 0 saturated carbocycles. The van der Waals surface area contributed by atoms with Crippen molar-refractivity contribution in [3.63, 3.8) is 0 Å². The summed E-state index contributed by atoms with van der Waals surface area (Å²) in [6, 6.07) is 12.6. The van der Waals surface area contributed by atoms with Gasteiger partial charge >= 0.3 is 0 Å². The van der Waals surface area contributed by atoms with Gasteiger partial charge in [0.25, 0.3) is 0 Å². The van der Waals surface area contributed by atoms with Crippen molar-refractivity contribution in [2.24, 2.45) is 0 Å². The van der Waals surface area contributed by atoms with Crippen LogP contribution in [0.3, 0.4) is 0 Å². The predicted molar refractivity (Wildman–Crippen MR) is 61.1 cm³/mol. The quantitative estimate of drug-likeness (QED) is 0.530. The van der Waals surface area contributed by atoms with Crippen LogP contribution in [0, 0.1) is 0 Å². The Morgan fingerprint density at radius 1 is 1.25 bits per heavy atom. The lowest BCUT2D eigenvalue weighted by molar-refractivity contribution is 0.367. The molecule has 0 spiro atoms. The number of hydrogen-bond donors (Lipinski definition) is 0. The van der Waals surface area contributed by atoms with Gasteiger partial charge in [0.15, 0.2) is 0 Å². The summed E-state index contributed by atoms with van der Waals surface area (Å²) in [5.41, 5.74) is 0. The van der Waals surface area contributed by atoms with Crippen molar-refractivity contribution >= 4 is 31.3 Å². The summed E-state index contributed by atoms with van der Waals surface area (Å²) in [6.07, 6.45) is 0. The van der Waals surface area contributed by atoms with Crippen LogP contribution in [0.1, 0.15) is 0 Å². The van der Waals surface area contributed by atoms with Crippen LogP contribution in [-0.2, 0) is 4.43 Å². The van der Waals surface area contributed by atoms with E-state index < -0.39 is 8.31 Å². The summed E-state index contributed by atoms with van der Waals surface area (Å²) in [7, 11) is -0.111. The largest absolute Gasteiger partial charge is 0.428 e. The van der Waals surface area contributed by atoms with Crippen molar-refractivity contribution in [2.75, 3.05) is 6.61 Å². The molecule has 12 heavy (non-hydrogen) atoms. The Morgan fingerprint density at radius 2 is 2.08 bits per heavy atom. The molecule has 1 aromatic carbocycles. The minimum Gasteiger partial charge on any atom is -0.428 e. The van der Waals surface area contributed by atoms with Crippen molar-refractivity contribution in [3.8, 4) is 0 Å². The third-order valence-corrected chi connectivity index (χ3v) is 21.0. The molecule has 2 rings (SSSR count). The van der Waals surface area contributed by atoms with E-state index in [1.165, 1.54) is 6.04 Å². The van der Waals surface area contributed by atoms with Crippen LogP contribution in [0.4, 0.5) is 0 Å². The van der Waals surface area contributed by atoms with E-state index in [-0.39, 0.29) is 17.8 Å². The SMILES string of the molecule is c1ccc([SiH]2CCO[SiH2][SiH2]2)cc1. The maximum absolute atomic E-state index is 5.56. The lowest BCUT2D eigenvalue weighted by atomic mass is 10.4. The molecule has 4 heteroatoms. The van der Waals surface area contributed by atoms with Gasteiger partial charge in [-0.05, 0) is 6.04 Å². The topological polar surface area (TPSA) is 9.23 Å². The maximum Gasteiger partial charge on any atom is 0.141 e. The molecule has 1 heterocycles. The molecule has 0 aromatic heterocycles. The summed E-state index contributed by atoms with van der Waals surface area (Å²) in [6.45, 7) is 1.09. The number of hydrogen-bond acceptors (Lipinski definition) is 1. The summed E-state index contributed by atoms with van der Waals surface area (Å²) >= 11 is 0. The Labute approximate surface area is 79.1 Å². The van der Waals surface area contributed by atoms with Crippen LogP contribution < -0.4 is 5.19 Å². The monoisotopic (exact) mass is 210 g/mol. The lowest BCUT2D eigenvalue weighted by Crippen LogP contribution is -2.44. The normalized spacial score (nSPS) is 27.8. The first kappa shape index (κ1) is 8.43. The van der Waals surface area contributed by atoms with Crippen molar-refractivity contribution in [1.29, 1.82) is 0 Å². The summed E-state index contributed by atoms with van der Waals surface area (Å²) in [4.78, 5) is 0. The molecule has 0 bridgehead atoms. The average Bonchev–Trinajstić information content (AvgIpc) is 2.21. The van der Waals surface area contributed by atoms with Crippen molar-refractivity contribution in [3.05, 3.63) is 30.3 Å². The highest BCUT2D eigenvalue weighted by atomic mass is 29.5. The third-order valence-electron chi connectivity index (χ3n) is 2.49. The minimum atomic E-state index is -0.409. The van der Waals surface area contributed by atoms with Crippen molar-refractivity contribution in [1.82, 2.24) is 0 Å². The fraction of sp³-hybridized carbons (Fsp3) is 0.250. The maximum atomic E-state index is 5.56. The van der Waals surface area contributed by atoms with Crippen LogP contribution in [0.2, 0.25) is 6.04 Å². The Kier molecular flexibility index (Phi) is 2.93. The van der Waals surface area contributed by atoms with E-state index >= 15 is 0 Å². The smallest absolute Gasteiger partial charge is 0.141 e. The van der Waals surface area contributed by atoms with Gasteiger partial charge in [-0.2, -0.15) is 0 Å². The Hall–Kier alpha value is -0.169. The molecule has 1 aliphatic rings. The van der Waals surface area contributed by atoms with Crippen LogP contribution >= 0.6 is 0 Å². The highest BCUT2D eigenvalue weighted by Gasteiger charge is 2.17. The summed E-state index contributed by atoms with van der Waals surface area (Å²) < 4.78 is 5.56. The van der Waals surface area contributed by atoms with E-state index in [0.717, 1.165) is 6.61 Å². The first-order valence-electron chi connectivity index (χ1n) is 4.59. The Morgan fingerprint density at radius 3 is 2.75 bits per heavy atom. The summed E-state index contributed by atoms with van der Waals surface area (Å²) in [5, 5.41) is 1.71. The molecule has 0 N–H and O–H groups in total. The van der Waals surface area contributed by atoms with Crippen molar-refractivity contribution in [2.45, 2.75) is 6.04 Å². The van der Waals surface area contributed by atoms with Crippen LogP contribution in [0.5, 0.6) is 0 Å². The zero-order valence-electron chi connectivity index (χ0n) is 7.20. The minimum absolute atomic E-state index is 0.0179. The van der Waals surface area contributed by atoms with Gasteiger partial charge in [0, 0.05) is 15.2 Å². The Bertz CT molecular complexity index is 233. The highest BCUT2D eigenvalue weighted by Crippen LogP contribution is 1.98. The van der Waals surface area contributed by atoms with E-state index in [0.29, 0.717) is 0 Å². The highest BCUT2D eigenvalue weighted by molar-refractivity contribution is 7.38. The molecule has 1 unspecified atom stereocenters. The summed E-state index contributed by atoms with van der Waals surface area (Å²) in [5.74, 6) is 0. The molecule has 1 aromatic rings. The first-order valence-corrected chi connectivity index (χ1v) is 13.8. The van der Waals surface area contributed by atoms with Crippen LogP contribution in [-0.4, -0.2) is 32.8 Å². The molecule has 64 valence electrons.